The minimum Gasteiger partial charge on any atom is -0.310 e. The summed E-state index contributed by atoms with van der Waals surface area (Å²) in [7, 11) is 0. The molecule has 1 aliphatic carbocycles. The Labute approximate surface area is 491 Å². The van der Waals surface area contributed by atoms with Crippen molar-refractivity contribution in [1.82, 2.24) is 0 Å². The number of anilines is 6. The SMILES string of the molecule is CCCCCCCCC1(CCCCCCCC)c2cc(N(c3ccc(C(C)CC)cc3)c3ccc(C(C)(CC)CC)cc3)ccc2-c2ccc(N(c3ccc(C(C)CC)cc3)c3ccc(C(CC)(CCC)C(CC)CC)cc3)cc21. The number of nitrogens with zero attached hydrogens (tertiary/aromatic N) is 2. The van der Waals surface area contributed by atoms with E-state index in [1.165, 1.54) is 188 Å². The van der Waals surface area contributed by atoms with E-state index in [1.807, 2.05) is 0 Å². The maximum absolute atomic E-state index is 2.68. The summed E-state index contributed by atoms with van der Waals surface area (Å²) in [6, 6.07) is 54.1. The average molecular weight is 1080 g/mol. The molecule has 0 fully saturated rings. The highest BCUT2D eigenvalue weighted by molar-refractivity contribution is 5.89. The van der Waals surface area contributed by atoms with Crippen molar-refractivity contribution in [3.63, 3.8) is 0 Å². The molecule has 0 radical (unpaired) electrons. The van der Waals surface area contributed by atoms with Crippen LogP contribution in [-0.2, 0) is 16.2 Å². The van der Waals surface area contributed by atoms with Gasteiger partial charge in [0.15, 0.2) is 0 Å². The van der Waals surface area contributed by atoms with Crippen LogP contribution in [0.2, 0.25) is 0 Å². The van der Waals surface area contributed by atoms with Crippen LogP contribution in [0.3, 0.4) is 0 Å². The van der Waals surface area contributed by atoms with Crippen molar-refractivity contribution in [3.8, 4) is 11.1 Å². The quantitative estimate of drug-likeness (QED) is 0.0372. The van der Waals surface area contributed by atoms with Gasteiger partial charge in [-0.1, -0.05) is 247 Å². The molecule has 0 spiro atoms. The predicted molar refractivity (Wildman–Crippen MR) is 354 cm³/mol. The predicted octanol–water partition coefficient (Wildman–Crippen LogP) is 25.4. The van der Waals surface area contributed by atoms with Gasteiger partial charge in [-0.2, -0.15) is 0 Å². The molecule has 7 rings (SSSR count). The van der Waals surface area contributed by atoms with E-state index in [2.05, 4.69) is 233 Å². The Balaban J connectivity index is 1.44. The monoisotopic (exact) mass is 1070 g/mol. The molecule has 0 amide bonds. The van der Waals surface area contributed by atoms with E-state index >= 15 is 0 Å². The highest BCUT2D eigenvalue weighted by Crippen LogP contribution is 2.57. The van der Waals surface area contributed by atoms with Crippen molar-refractivity contribution in [1.29, 1.82) is 0 Å². The number of hydrogen-bond acceptors (Lipinski definition) is 2. The highest BCUT2D eigenvalue weighted by Gasteiger charge is 2.44. The van der Waals surface area contributed by atoms with E-state index in [0.29, 0.717) is 17.8 Å². The van der Waals surface area contributed by atoms with Crippen LogP contribution in [0.4, 0.5) is 34.1 Å². The van der Waals surface area contributed by atoms with Gasteiger partial charge in [-0.3, -0.25) is 0 Å². The highest BCUT2D eigenvalue weighted by atomic mass is 15.1. The molecule has 0 saturated heterocycles. The molecular formula is C78H110N2. The molecule has 6 aromatic carbocycles. The Morgan fingerprint density at radius 1 is 0.375 bits per heavy atom. The first-order valence-electron chi connectivity index (χ1n) is 33.2. The number of rotatable bonds is 34. The van der Waals surface area contributed by atoms with Crippen molar-refractivity contribution < 1.29 is 0 Å². The summed E-state index contributed by atoms with van der Waals surface area (Å²) in [4.78, 5) is 5.17. The minimum atomic E-state index is -0.127. The first-order valence-corrected chi connectivity index (χ1v) is 33.2. The van der Waals surface area contributed by atoms with Gasteiger partial charge in [0.2, 0.25) is 0 Å². The van der Waals surface area contributed by atoms with Crippen LogP contribution in [0, 0.1) is 5.92 Å². The van der Waals surface area contributed by atoms with Gasteiger partial charge in [-0.25, -0.2) is 0 Å². The van der Waals surface area contributed by atoms with E-state index in [1.54, 1.807) is 0 Å². The topological polar surface area (TPSA) is 6.48 Å². The zero-order chi connectivity index (χ0) is 57.3. The fourth-order valence-corrected chi connectivity index (χ4v) is 14.5. The lowest BCUT2D eigenvalue weighted by Crippen LogP contribution is -2.34. The molecule has 0 aliphatic heterocycles. The first-order chi connectivity index (χ1) is 38.9. The third-order valence-corrected chi connectivity index (χ3v) is 20.6. The van der Waals surface area contributed by atoms with E-state index < -0.39 is 0 Å². The number of hydrogen-bond donors (Lipinski definition) is 0. The Hall–Kier alpha value is -5.08. The lowest BCUT2D eigenvalue weighted by molar-refractivity contribution is 0.221. The Morgan fingerprint density at radius 2 is 0.738 bits per heavy atom. The van der Waals surface area contributed by atoms with Crippen LogP contribution in [-0.4, -0.2) is 0 Å². The molecule has 2 nitrogen and oxygen atoms in total. The van der Waals surface area contributed by atoms with Crippen LogP contribution in [0.25, 0.3) is 11.1 Å². The van der Waals surface area contributed by atoms with Crippen LogP contribution >= 0.6 is 0 Å². The molecule has 0 heterocycles. The fraction of sp³-hybridized carbons (Fsp3) is 0.538. The summed E-state index contributed by atoms with van der Waals surface area (Å²) in [5.74, 6) is 1.71. The standard InChI is InChI=1S/C78H110N2/c1-14-24-26-28-30-32-55-78(56-33-31-29-27-25-15-2)74-57-70(79(66-42-34-61(35-43-66)59(11)17-4)68-46-38-64(39-47-68)76(13,21-8)22-9)50-52-72(74)73-53-51-71(58-75(73)78)80(67-44-36-62(37-45-67)60(12)18-5)69-48-40-65(41-49-69)77(23-10,54-16-3)63(19-6)20-7/h34-53,57-60,63H,14-33,54-56H2,1-13H3. The molecule has 1 aliphatic rings. The molecule has 3 unspecified atom stereocenters. The summed E-state index contributed by atoms with van der Waals surface area (Å²) >= 11 is 0. The summed E-state index contributed by atoms with van der Waals surface area (Å²) in [6.45, 7) is 30.8. The molecule has 0 bridgehead atoms. The molecule has 3 atom stereocenters. The summed E-state index contributed by atoms with van der Waals surface area (Å²) < 4.78 is 0. The summed E-state index contributed by atoms with van der Waals surface area (Å²) in [5, 5.41) is 0. The normalized spacial score (nSPS) is 14.4. The molecule has 432 valence electrons. The molecule has 0 aromatic heterocycles. The molecule has 0 saturated carbocycles. The maximum Gasteiger partial charge on any atom is 0.0465 e. The zero-order valence-electron chi connectivity index (χ0n) is 53.1. The second-order valence-electron chi connectivity index (χ2n) is 25.2. The van der Waals surface area contributed by atoms with Gasteiger partial charge >= 0.3 is 0 Å². The Kier molecular flexibility index (Phi) is 23.3. The lowest BCUT2D eigenvalue weighted by Gasteiger charge is -2.41. The van der Waals surface area contributed by atoms with Gasteiger partial charge in [0.25, 0.3) is 0 Å². The van der Waals surface area contributed by atoms with Gasteiger partial charge in [0, 0.05) is 39.5 Å². The summed E-state index contributed by atoms with van der Waals surface area (Å²) in [5.41, 5.74) is 19.4. The lowest BCUT2D eigenvalue weighted by atomic mass is 9.64. The smallest absolute Gasteiger partial charge is 0.0465 e. The largest absolute Gasteiger partial charge is 0.310 e. The first kappa shape index (κ1) is 62.5. The fourth-order valence-electron chi connectivity index (χ4n) is 14.5. The molecule has 80 heavy (non-hydrogen) atoms. The van der Waals surface area contributed by atoms with E-state index in [-0.39, 0.29) is 16.2 Å². The molecule has 0 N–H and O–H groups in total. The van der Waals surface area contributed by atoms with Gasteiger partial charge in [-0.15, -0.1) is 0 Å². The molecule has 6 aromatic rings. The van der Waals surface area contributed by atoms with Crippen LogP contribution in [0.1, 0.15) is 283 Å². The maximum atomic E-state index is 2.68. The molecule has 2 heteroatoms. The zero-order valence-corrected chi connectivity index (χ0v) is 53.1. The van der Waals surface area contributed by atoms with Crippen molar-refractivity contribution in [3.05, 3.63) is 167 Å². The molecular weight excluding hydrogens is 965 g/mol. The second kappa shape index (κ2) is 29.8. The van der Waals surface area contributed by atoms with Crippen molar-refractivity contribution in [2.24, 2.45) is 5.92 Å². The van der Waals surface area contributed by atoms with Gasteiger partial charge in [0.1, 0.15) is 0 Å². The van der Waals surface area contributed by atoms with Gasteiger partial charge in [-0.05, 0) is 197 Å². The third kappa shape index (κ3) is 13.7. The number of unbranched alkanes of at least 4 members (excludes halogenated alkanes) is 10. The Bertz CT molecular complexity index is 2740. The van der Waals surface area contributed by atoms with Crippen LogP contribution in [0.15, 0.2) is 133 Å². The third-order valence-electron chi connectivity index (χ3n) is 20.6. The van der Waals surface area contributed by atoms with E-state index in [0.717, 1.165) is 38.5 Å². The minimum absolute atomic E-state index is 0.127. The van der Waals surface area contributed by atoms with Crippen molar-refractivity contribution in [2.45, 2.75) is 266 Å². The van der Waals surface area contributed by atoms with Crippen LogP contribution in [0.5, 0.6) is 0 Å². The van der Waals surface area contributed by atoms with Gasteiger partial charge in [0.05, 0.1) is 0 Å². The van der Waals surface area contributed by atoms with Crippen molar-refractivity contribution in [2.75, 3.05) is 9.80 Å². The van der Waals surface area contributed by atoms with Crippen LogP contribution < -0.4 is 9.80 Å². The Morgan fingerprint density at radius 3 is 1.09 bits per heavy atom. The van der Waals surface area contributed by atoms with E-state index in [4.69, 9.17) is 0 Å². The second-order valence-corrected chi connectivity index (χ2v) is 25.2. The number of fused-ring (bicyclic) bond motifs is 3. The van der Waals surface area contributed by atoms with Crippen molar-refractivity contribution >= 4 is 34.1 Å². The van der Waals surface area contributed by atoms with E-state index in [9.17, 15) is 0 Å². The summed E-state index contributed by atoms with van der Waals surface area (Å²) in [6.07, 6.45) is 28.4. The number of benzene rings is 6. The average Bonchev–Trinajstić information content (AvgIpc) is 3.93. The van der Waals surface area contributed by atoms with Gasteiger partial charge < -0.3 is 9.80 Å².